The molecule has 0 aromatic heterocycles. The minimum atomic E-state index is 0.166. The molecule has 1 aliphatic rings. The minimum Gasteiger partial charge on any atom is -0.341 e. The van der Waals surface area contributed by atoms with Crippen LogP contribution >= 0.6 is 0 Å². The second-order valence-electron chi connectivity index (χ2n) is 4.55. The zero-order valence-electron chi connectivity index (χ0n) is 9.58. The third-order valence-electron chi connectivity index (χ3n) is 3.09. The Balaban J connectivity index is 2.46. The smallest absolute Gasteiger partial charge is 0.253 e. The Hall–Kier alpha value is -1.31. The van der Waals surface area contributed by atoms with Crippen molar-refractivity contribution in [3.8, 4) is 0 Å². The van der Waals surface area contributed by atoms with E-state index in [9.17, 15) is 4.79 Å². The maximum absolute atomic E-state index is 11.9. The van der Waals surface area contributed by atoms with Crippen LogP contribution in [0.5, 0.6) is 0 Å². The lowest BCUT2D eigenvalue weighted by Crippen LogP contribution is -2.34. The number of hydrogen-bond donors (Lipinski definition) is 0. The van der Waals surface area contributed by atoms with Gasteiger partial charge in [-0.3, -0.25) is 4.79 Å². The molecule has 0 radical (unpaired) electrons. The van der Waals surface area contributed by atoms with Gasteiger partial charge in [-0.2, -0.15) is 0 Å². The van der Waals surface area contributed by atoms with Gasteiger partial charge in [0.05, 0.1) is 0 Å². The van der Waals surface area contributed by atoms with E-state index in [1.54, 1.807) is 4.90 Å². The number of benzene rings is 1. The predicted octanol–water partition coefficient (Wildman–Crippen LogP) is 2.44. The molecule has 0 atom stereocenters. The predicted molar refractivity (Wildman–Crippen MR) is 61.2 cm³/mol. The molecular weight excluding hydrogens is 186 g/mol. The number of hydrogen-bond acceptors (Lipinski definition) is 1. The first kappa shape index (κ1) is 10.2. The second kappa shape index (κ2) is 3.69. The average Bonchev–Trinajstić information content (AvgIpc) is 2.23. The van der Waals surface area contributed by atoms with Gasteiger partial charge in [-0.25, -0.2) is 0 Å². The van der Waals surface area contributed by atoms with E-state index >= 15 is 0 Å². The molecule has 1 heterocycles. The van der Waals surface area contributed by atoms with Gasteiger partial charge in [0.25, 0.3) is 5.91 Å². The highest BCUT2D eigenvalue weighted by atomic mass is 16.2. The van der Waals surface area contributed by atoms with Crippen molar-refractivity contribution in [1.29, 1.82) is 0 Å². The first-order chi connectivity index (χ1) is 7.09. The zero-order valence-corrected chi connectivity index (χ0v) is 9.58. The molecule has 0 bridgehead atoms. The highest BCUT2D eigenvalue weighted by Crippen LogP contribution is 2.23. The summed E-state index contributed by atoms with van der Waals surface area (Å²) in [6.45, 7) is 5.14. The summed E-state index contributed by atoms with van der Waals surface area (Å²) < 4.78 is 0. The molecule has 1 aliphatic heterocycles. The molecule has 0 N–H and O–H groups in total. The van der Waals surface area contributed by atoms with Crippen molar-refractivity contribution in [2.45, 2.75) is 26.2 Å². The third-order valence-corrected chi connectivity index (χ3v) is 3.09. The molecule has 2 nitrogen and oxygen atoms in total. The molecule has 0 unspecified atom stereocenters. The molecule has 2 heteroatoms. The van der Waals surface area contributed by atoms with Crippen molar-refractivity contribution in [1.82, 2.24) is 4.90 Å². The van der Waals surface area contributed by atoms with E-state index < -0.39 is 0 Å². The van der Waals surface area contributed by atoms with Crippen molar-refractivity contribution in [3.63, 3.8) is 0 Å². The van der Waals surface area contributed by atoms with E-state index in [1.807, 2.05) is 7.05 Å². The van der Waals surface area contributed by atoms with Gasteiger partial charge in [-0.15, -0.1) is 0 Å². The lowest BCUT2D eigenvalue weighted by molar-refractivity contribution is 0.0781. The first-order valence-corrected chi connectivity index (χ1v) is 5.48. The maximum Gasteiger partial charge on any atom is 0.253 e. The molecule has 0 saturated heterocycles. The van der Waals surface area contributed by atoms with Crippen LogP contribution in [-0.2, 0) is 6.42 Å². The molecule has 1 aromatic carbocycles. The summed E-state index contributed by atoms with van der Waals surface area (Å²) in [5.74, 6) is 0.647. The summed E-state index contributed by atoms with van der Waals surface area (Å²) in [6, 6.07) is 6.30. The van der Waals surface area contributed by atoms with Gasteiger partial charge < -0.3 is 4.90 Å². The molecule has 0 aliphatic carbocycles. The molecule has 0 fully saturated rings. The summed E-state index contributed by atoms with van der Waals surface area (Å²) in [5, 5.41) is 0. The molecule has 0 saturated carbocycles. The zero-order chi connectivity index (χ0) is 11.0. The molecular formula is C13H17NO. The van der Waals surface area contributed by atoms with Crippen LogP contribution in [0.4, 0.5) is 0 Å². The average molecular weight is 203 g/mol. The van der Waals surface area contributed by atoms with Gasteiger partial charge in [0, 0.05) is 19.2 Å². The number of amides is 1. The van der Waals surface area contributed by atoms with Crippen molar-refractivity contribution >= 4 is 5.91 Å². The van der Waals surface area contributed by atoms with Gasteiger partial charge in [0.1, 0.15) is 0 Å². The van der Waals surface area contributed by atoms with Crippen LogP contribution in [0.25, 0.3) is 0 Å². The van der Waals surface area contributed by atoms with Crippen LogP contribution in [0.15, 0.2) is 18.2 Å². The normalized spacial score (nSPS) is 15.7. The van der Waals surface area contributed by atoms with Gasteiger partial charge in [-0.1, -0.05) is 26.0 Å². The number of likely N-dealkylation sites (N-methyl/N-ethyl adjacent to an activating group) is 1. The van der Waals surface area contributed by atoms with Crippen LogP contribution in [-0.4, -0.2) is 24.4 Å². The van der Waals surface area contributed by atoms with Crippen molar-refractivity contribution in [3.05, 3.63) is 34.9 Å². The Labute approximate surface area is 90.9 Å². The summed E-state index contributed by atoms with van der Waals surface area (Å²) in [4.78, 5) is 13.7. The quantitative estimate of drug-likeness (QED) is 0.686. The Morgan fingerprint density at radius 2 is 2.07 bits per heavy atom. The highest BCUT2D eigenvalue weighted by Gasteiger charge is 2.21. The van der Waals surface area contributed by atoms with Crippen molar-refractivity contribution < 1.29 is 4.79 Å². The summed E-state index contributed by atoms with van der Waals surface area (Å²) in [6.07, 6.45) is 0.982. The largest absolute Gasteiger partial charge is 0.341 e. The van der Waals surface area contributed by atoms with E-state index in [2.05, 4.69) is 32.0 Å². The molecule has 15 heavy (non-hydrogen) atoms. The third kappa shape index (κ3) is 1.76. The van der Waals surface area contributed by atoms with Gasteiger partial charge in [0.2, 0.25) is 0 Å². The summed E-state index contributed by atoms with van der Waals surface area (Å²) in [5.41, 5.74) is 3.34. The van der Waals surface area contributed by atoms with E-state index in [4.69, 9.17) is 0 Å². The van der Waals surface area contributed by atoms with Gasteiger partial charge in [0.15, 0.2) is 0 Å². The number of carbonyl (C=O) groups is 1. The Morgan fingerprint density at radius 3 is 2.73 bits per heavy atom. The molecule has 0 spiro atoms. The fourth-order valence-corrected chi connectivity index (χ4v) is 1.97. The Bertz CT molecular complexity index is 396. The van der Waals surface area contributed by atoms with Crippen LogP contribution in [0.2, 0.25) is 0 Å². The monoisotopic (exact) mass is 203 g/mol. The number of carbonyl (C=O) groups excluding carboxylic acids is 1. The van der Waals surface area contributed by atoms with E-state index in [1.165, 1.54) is 11.1 Å². The standard InChI is InChI=1S/C13H17NO/c1-9(2)11-5-4-10-6-7-14(3)13(15)12(10)8-11/h4-5,8-9H,6-7H2,1-3H3. The summed E-state index contributed by atoms with van der Waals surface area (Å²) >= 11 is 0. The van der Waals surface area contributed by atoms with Crippen molar-refractivity contribution in [2.24, 2.45) is 0 Å². The van der Waals surface area contributed by atoms with Crippen molar-refractivity contribution in [2.75, 3.05) is 13.6 Å². The Kier molecular flexibility index (Phi) is 2.51. The van der Waals surface area contributed by atoms with Gasteiger partial charge in [-0.05, 0) is 29.5 Å². The fraction of sp³-hybridized carbons (Fsp3) is 0.462. The van der Waals surface area contributed by atoms with Crippen LogP contribution in [0, 0.1) is 0 Å². The molecule has 1 amide bonds. The highest BCUT2D eigenvalue weighted by molar-refractivity contribution is 5.96. The van der Waals surface area contributed by atoms with E-state index in [-0.39, 0.29) is 5.91 Å². The van der Waals surface area contributed by atoms with Crippen LogP contribution in [0.1, 0.15) is 41.3 Å². The van der Waals surface area contributed by atoms with E-state index in [0.717, 1.165) is 18.5 Å². The lowest BCUT2D eigenvalue weighted by atomic mass is 9.93. The van der Waals surface area contributed by atoms with Crippen LogP contribution in [0.3, 0.4) is 0 Å². The van der Waals surface area contributed by atoms with Gasteiger partial charge >= 0.3 is 0 Å². The lowest BCUT2D eigenvalue weighted by Gasteiger charge is -2.25. The fourth-order valence-electron chi connectivity index (χ4n) is 1.97. The number of rotatable bonds is 1. The maximum atomic E-state index is 11.9. The van der Waals surface area contributed by atoms with Crippen LogP contribution < -0.4 is 0 Å². The molecule has 80 valence electrons. The molecule has 2 rings (SSSR count). The molecule has 1 aromatic rings. The topological polar surface area (TPSA) is 20.3 Å². The number of fused-ring (bicyclic) bond motifs is 1. The summed E-state index contributed by atoms with van der Waals surface area (Å²) in [7, 11) is 1.87. The second-order valence-corrected chi connectivity index (χ2v) is 4.55. The number of nitrogens with zero attached hydrogens (tertiary/aromatic N) is 1. The Morgan fingerprint density at radius 1 is 1.33 bits per heavy atom. The first-order valence-electron chi connectivity index (χ1n) is 5.48. The van der Waals surface area contributed by atoms with E-state index in [0.29, 0.717) is 5.92 Å². The minimum absolute atomic E-state index is 0.166. The SMILES string of the molecule is CC(C)c1ccc2c(c1)C(=O)N(C)CC2.